The smallest absolute Gasteiger partial charge is 0.234 e. The average Bonchev–Trinajstić information content (AvgIpc) is 2.17. The van der Waals surface area contributed by atoms with Crippen molar-refractivity contribution in [1.29, 1.82) is 0 Å². The Morgan fingerprint density at radius 2 is 2.07 bits per heavy atom. The van der Waals surface area contributed by atoms with Gasteiger partial charge in [0.2, 0.25) is 5.91 Å². The second-order valence-corrected chi connectivity index (χ2v) is 4.07. The van der Waals surface area contributed by atoms with E-state index in [1.54, 1.807) is 7.11 Å². The first-order valence-electron chi connectivity index (χ1n) is 5.59. The minimum atomic E-state index is 0.0304. The zero-order valence-electron chi connectivity index (χ0n) is 10.3. The molecule has 2 N–H and O–H groups in total. The summed E-state index contributed by atoms with van der Waals surface area (Å²) in [5, 5.41) is 5.98. The van der Waals surface area contributed by atoms with E-state index in [9.17, 15) is 4.79 Å². The molecule has 0 aliphatic carbocycles. The number of nitrogens with one attached hydrogen (secondary N) is 2. The molecule has 0 aromatic heterocycles. The molecule has 4 heteroatoms. The molecule has 15 heavy (non-hydrogen) atoms. The minimum absolute atomic E-state index is 0.0304. The van der Waals surface area contributed by atoms with E-state index in [1.807, 2.05) is 6.92 Å². The van der Waals surface area contributed by atoms with Crippen LogP contribution in [0.3, 0.4) is 0 Å². The van der Waals surface area contributed by atoms with E-state index in [4.69, 9.17) is 4.74 Å². The third-order valence-corrected chi connectivity index (χ3v) is 2.30. The molecule has 90 valence electrons. The number of hydrogen-bond acceptors (Lipinski definition) is 3. The Labute approximate surface area is 92.8 Å². The first-order chi connectivity index (χ1) is 7.10. The molecule has 1 amide bonds. The molecule has 0 heterocycles. The highest BCUT2D eigenvalue weighted by Crippen LogP contribution is 1.96. The summed E-state index contributed by atoms with van der Waals surface area (Å²) in [6, 6.07) is 0.0768. The minimum Gasteiger partial charge on any atom is -0.383 e. The van der Waals surface area contributed by atoms with Gasteiger partial charge in [-0.2, -0.15) is 0 Å². The quantitative estimate of drug-likeness (QED) is 0.630. The first kappa shape index (κ1) is 14.4. The number of amides is 1. The fraction of sp³-hybridized carbons (Fsp3) is 0.909. The highest BCUT2D eigenvalue weighted by atomic mass is 16.5. The summed E-state index contributed by atoms with van der Waals surface area (Å²) in [6.45, 7) is 8.07. The average molecular weight is 216 g/mol. The molecule has 0 aliphatic rings. The fourth-order valence-corrected chi connectivity index (χ4v) is 1.19. The maximum Gasteiger partial charge on any atom is 0.234 e. The monoisotopic (exact) mass is 216 g/mol. The predicted molar refractivity (Wildman–Crippen MR) is 61.8 cm³/mol. The van der Waals surface area contributed by atoms with Gasteiger partial charge in [0, 0.05) is 13.2 Å². The second kappa shape index (κ2) is 8.68. The lowest BCUT2D eigenvalue weighted by atomic mass is 10.1. The molecule has 2 atom stereocenters. The number of carbonyl (C=O) groups is 1. The van der Waals surface area contributed by atoms with E-state index in [2.05, 4.69) is 24.5 Å². The van der Waals surface area contributed by atoms with Crippen molar-refractivity contribution in [3.05, 3.63) is 0 Å². The van der Waals surface area contributed by atoms with Crippen molar-refractivity contribution in [2.24, 2.45) is 5.92 Å². The third-order valence-electron chi connectivity index (χ3n) is 2.30. The van der Waals surface area contributed by atoms with Crippen molar-refractivity contribution in [3.63, 3.8) is 0 Å². The van der Waals surface area contributed by atoms with Crippen molar-refractivity contribution in [2.75, 3.05) is 26.8 Å². The second-order valence-electron chi connectivity index (χ2n) is 4.07. The van der Waals surface area contributed by atoms with Crippen LogP contribution < -0.4 is 10.6 Å². The van der Waals surface area contributed by atoms with Crippen molar-refractivity contribution in [3.8, 4) is 0 Å². The van der Waals surface area contributed by atoms with Crippen molar-refractivity contribution in [2.45, 2.75) is 33.2 Å². The molecule has 0 fully saturated rings. The maximum atomic E-state index is 11.4. The van der Waals surface area contributed by atoms with Gasteiger partial charge in [0.05, 0.1) is 13.2 Å². The maximum absolute atomic E-state index is 11.4. The van der Waals surface area contributed by atoms with Crippen molar-refractivity contribution < 1.29 is 9.53 Å². The SMILES string of the molecule is CCC(C)CNCC(=O)NC(C)COC. The van der Waals surface area contributed by atoms with Gasteiger partial charge >= 0.3 is 0 Å². The lowest BCUT2D eigenvalue weighted by molar-refractivity contribution is -0.121. The molecule has 0 rings (SSSR count). The van der Waals surface area contributed by atoms with E-state index in [0.29, 0.717) is 19.1 Å². The summed E-state index contributed by atoms with van der Waals surface area (Å²) in [5.41, 5.74) is 0. The van der Waals surface area contributed by atoms with Crippen LogP contribution in [0.15, 0.2) is 0 Å². The summed E-state index contributed by atoms with van der Waals surface area (Å²) < 4.78 is 4.93. The van der Waals surface area contributed by atoms with Crippen LogP contribution in [0.4, 0.5) is 0 Å². The molecular weight excluding hydrogens is 192 g/mol. The number of ether oxygens (including phenoxy) is 1. The first-order valence-corrected chi connectivity index (χ1v) is 5.59. The zero-order valence-corrected chi connectivity index (χ0v) is 10.3. The molecule has 0 radical (unpaired) electrons. The topological polar surface area (TPSA) is 50.4 Å². The molecular formula is C11H24N2O2. The van der Waals surface area contributed by atoms with E-state index in [-0.39, 0.29) is 11.9 Å². The summed E-state index contributed by atoms with van der Waals surface area (Å²) in [5.74, 6) is 0.650. The fourth-order valence-electron chi connectivity index (χ4n) is 1.19. The molecule has 0 aromatic rings. The van der Waals surface area contributed by atoms with Crippen LogP contribution in [0, 0.1) is 5.92 Å². The molecule has 4 nitrogen and oxygen atoms in total. The number of hydrogen-bond donors (Lipinski definition) is 2. The van der Waals surface area contributed by atoms with Gasteiger partial charge in [0.25, 0.3) is 0 Å². The largest absolute Gasteiger partial charge is 0.383 e. The molecule has 0 spiro atoms. The Morgan fingerprint density at radius 1 is 1.40 bits per heavy atom. The summed E-state index contributed by atoms with van der Waals surface area (Å²) in [4.78, 5) is 11.4. The van der Waals surface area contributed by atoms with Gasteiger partial charge in [-0.15, -0.1) is 0 Å². The van der Waals surface area contributed by atoms with Gasteiger partial charge in [-0.25, -0.2) is 0 Å². The van der Waals surface area contributed by atoms with E-state index in [1.165, 1.54) is 0 Å². The van der Waals surface area contributed by atoms with Crippen molar-refractivity contribution >= 4 is 5.91 Å². The molecule has 0 bridgehead atoms. The van der Waals surface area contributed by atoms with Crippen LogP contribution >= 0.6 is 0 Å². The summed E-state index contributed by atoms with van der Waals surface area (Å²) in [7, 11) is 1.63. The summed E-state index contributed by atoms with van der Waals surface area (Å²) in [6.07, 6.45) is 1.13. The number of methoxy groups -OCH3 is 1. The zero-order chi connectivity index (χ0) is 11.7. The van der Waals surface area contributed by atoms with Gasteiger partial charge in [-0.1, -0.05) is 20.3 Å². The molecule has 2 unspecified atom stereocenters. The Hall–Kier alpha value is -0.610. The van der Waals surface area contributed by atoms with Gasteiger partial charge in [0.15, 0.2) is 0 Å². The van der Waals surface area contributed by atoms with Crippen LogP contribution in [0.25, 0.3) is 0 Å². The van der Waals surface area contributed by atoms with Crippen LogP contribution in [0.2, 0.25) is 0 Å². The number of rotatable bonds is 8. The normalized spacial score (nSPS) is 14.7. The van der Waals surface area contributed by atoms with Crippen LogP contribution in [-0.4, -0.2) is 38.8 Å². The summed E-state index contributed by atoms with van der Waals surface area (Å²) >= 11 is 0. The Morgan fingerprint density at radius 3 is 2.60 bits per heavy atom. The third kappa shape index (κ3) is 8.39. The van der Waals surface area contributed by atoms with Crippen LogP contribution in [0.1, 0.15) is 27.2 Å². The van der Waals surface area contributed by atoms with Crippen molar-refractivity contribution in [1.82, 2.24) is 10.6 Å². The number of carbonyl (C=O) groups excluding carboxylic acids is 1. The lowest BCUT2D eigenvalue weighted by Crippen LogP contribution is -2.41. The molecule has 0 saturated carbocycles. The van der Waals surface area contributed by atoms with Crippen LogP contribution in [-0.2, 0) is 9.53 Å². The van der Waals surface area contributed by atoms with Gasteiger partial charge in [-0.05, 0) is 19.4 Å². The molecule has 0 aliphatic heterocycles. The predicted octanol–water partition coefficient (Wildman–Crippen LogP) is 0.773. The van der Waals surface area contributed by atoms with Gasteiger partial charge in [-0.3, -0.25) is 4.79 Å². The van der Waals surface area contributed by atoms with Gasteiger partial charge in [0.1, 0.15) is 0 Å². The van der Waals surface area contributed by atoms with E-state index >= 15 is 0 Å². The Balaban J connectivity index is 3.48. The molecule has 0 aromatic carbocycles. The van der Waals surface area contributed by atoms with Crippen LogP contribution in [0.5, 0.6) is 0 Å². The van der Waals surface area contributed by atoms with Gasteiger partial charge < -0.3 is 15.4 Å². The van der Waals surface area contributed by atoms with E-state index in [0.717, 1.165) is 13.0 Å². The standard InChI is InChI=1S/C11H24N2O2/c1-5-9(2)6-12-7-11(14)13-10(3)8-15-4/h9-10,12H,5-8H2,1-4H3,(H,13,14). The highest BCUT2D eigenvalue weighted by molar-refractivity contribution is 5.78. The Kier molecular flexibility index (Phi) is 8.33. The molecule has 0 saturated heterocycles. The lowest BCUT2D eigenvalue weighted by Gasteiger charge is -2.14. The Bertz CT molecular complexity index is 174. The highest BCUT2D eigenvalue weighted by Gasteiger charge is 2.06. The van der Waals surface area contributed by atoms with E-state index < -0.39 is 0 Å².